The zero-order valence-electron chi connectivity index (χ0n) is 14.9. The number of anilines is 2. The standard InChI is InChI=1S/C20H23N3O3/c1-13(19(24)22-17-9-11-18(26-2)12-10-17)21-15-5-3-14(4-6-15)20(25)23-16-7-8-16/h3-6,9-13,16,21H,7-8H2,1-2H3,(H,22,24)(H,23,25). The third-order valence-electron chi connectivity index (χ3n) is 4.19. The maximum atomic E-state index is 12.3. The number of ether oxygens (including phenoxy) is 1. The lowest BCUT2D eigenvalue weighted by molar-refractivity contribution is -0.116. The first-order valence-electron chi connectivity index (χ1n) is 8.67. The predicted octanol–water partition coefficient (Wildman–Crippen LogP) is 3.03. The Morgan fingerprint density at radius 3 is 2.19 bits per heavy atom. The van der Waals surface area contributed by atoms with Crippen LogP contribution in [0.3, 0.4) is 0 Å². The molecule has 1 atom stereocenters. The topological polar surface area (TPSA) is 79.5 Å². The summed E-state index contributed by atoms with van der Waals surface area (Å²) in [5.74, 6) is 0.537. The Kier molecular flexibility index (Phi) is 5.41. The van der Waals surface area contributed by atoms with E-state index in [0.717, 1.165) is 24.3 Å². The molecule has 26 heavy (non-hydrogen) atoms. The van der Waals surface area contributed by atoms with Crippen LogP contribution in [0.25, 0.3) is 0 Å². The Morgan fingerprint density at radius 1 is 1.00 bits per heavy atom. The summed E-state index contributed by atoms with van der Waals surface area (Å²) in [5, 5.41) is 8.94. The van der Waals surface area contributed by atoms with Crippen molar-refractivity contribution in [2.45, 2.75) is 31.8 Å². The molecule has 0 aliphatic heterocycles. The van der Waals surface area contributed by atoms with E-state index in [4.69, 9.17) is 4.74 Å². The van der Waals surface area contributed by atoms with E-state index in [1.165, 1.54) is 0 Å². The van der Waals surface area contributed by atoms with E-state index in [-0.39, 0.29) is 11.8 Å². The second-order valence-electron chi connectivity index (χ2n) is 6.41. The zero-order valence-corrected chi connectivity index (χ0v) is 14.9. The molecule has 6 nitrogen and oxygen atoms in total. The number of carbonyl (C=O) groups excluding carboxylic acids is 2. The molecule has 3 N–H and O–H groups in total. The van der Waals surface area contributed by atoms with Crippen molar-refractivity contribution in [2.24, 2.45) is 0 Å². The van der Waals surface area contributed by atoms with Gasteiger partial charge in [-0.05, 0) is 68.3 Å². The van der Waals surface area contributed by atoms with E-state index in [1.54, 1.807) is 62.6 Å². The second-order valence-corrected chi connectivity index (χ2v) is 6.41. The van der Waals surface area contributed by atoms with Crippen molar-refractivity contribution in [3.63, 3.8) is 0 Å². The number of methoxy groups -OCH3 is 1. The van der Waals surface area contributed by atoms with Crippen LogP contribution in [0.5, 0.6) is 5.75 Å². The molecule has 0 bridgehead atoms. The molecule has 0 spiro atoms. The van der Waals surface area contributed by atoms with E-state index in [1.807, 2.05) is 0 Å². The van der Waals surface area contributed by atoms with Gasteiger partial charge in [0.1, 0.15) is 11.8 Å². The van der Waals surface area contributed by atoms with Crippen LogP contribution in [0.15, 0.2) is 48.5 Å². The van der Waals surface area contributed by atoms with Gasteiger partial charge in [0.25, 0.3) is 5.91 Å². The summed E-state index contributed by atoms with van der Waals surface area (Å²) < 4.78 is 5.10. The number of carbonyl (C=O) groups is 2. The van der Waals surface area contributed by atoms with E-state index in [9.17, 15) is 9.59 Å². The van der Waals surface area contributed by atoms with Crippen molar-refractivity contribution in [3.05, 3.63) is 54.1 Å². The number of rotatable bonds is 7. The number of benzene rings is 2. The molecule has 1 fully saturated rings. The molecule has 2 amide bonds. The monoisotopic (exact) mass is 353 g/mol. The third kappa shape index (κ3) is 4.75. The van der Waals surface area contributed by atoms with E-state index in [0.29, 0.717) is 17.3 Å². The fourth-order valence-corrected chi connectivity index (χ4v) is 2.45. The molecule has 136 valence electrons. The molecule has 3 rings (SSSR count). The zero-order chi connectivity index (χ0) is 18.5. The molecule has 2 aromatic carbocycles. The maximum absolute atomic E-state index is 12.3. The normalized spacial score (nSPS) is 14.2. The minimum absolute atomic E-state index is 0.0515. The molecule has 1 unspecified atom stereocenters. The van der Waals surface area contributed by atoms with Gasteiger partial charge in [0, 0.05) is 23.0 Å². The van der Waals surface area contributed by atoms with Crippen LogP contribution in [-0.4, -0.2) is 31.0 Å². The van der Waals surface area contributed by atoms with Gasteiger partial charge < -0.3 is 20.7 Å². The van der Waals surface area contributed by atoms with Crippen LogP contribution < -0.4 is 20.7 Å². The summed E-state index contributed by atoms with van der Waals surface area (Å²) in [5.41, 5.74) is 2.11. The van der Waals surface area contributed by atoms with Crippen LogP contribution in [0, 0.1) is 0 Å². The summed E-state index contributed by atoms with van der Waals surface area (Å²) in [6.07, 6.45) is 2.12. The smallest absolute Gasteiger partial charge is 0.251 e. The van der Waals surface area contributed by atoms with E-state index < -0.39 is 6.04 Å². The Labute approximate surface area is 152 Å². The van der Waals surface area contributed by atoms with Gasteiger partial charge in [-0.3, -0.25) is 9.59 Å². The van der Waals surface area contributed by atoms with Gasteiger partial charge >= 0.3 is 0 Å². The average molecular weight is 353 g/mol. The molecule has 1 saturated carbocycles. The molecule has 0 aromatic heterocycles. The Morgan fingerprint density at radius 2 is 1.62 bits per heavy atom. The van der Waals surface area contributed by atoms with Crippen LogP contribution in [-0.2, 0) is 4.79 Å². The van der Waals surface area contributed by atoms with Gasteiger partial charge in [0.15, 0.2) is 0 Å². The average Bonchev–Trinajstić information content (AvgIpc) is 3.46. The minimum Gasteiger partial charge on any atom is -0.497 e. The van der Waals surface area contributed by atoms with Gasteiger partial charge in [-0.25, -0.2) is 0 Å². The quantitative estimate of drug-likeness (QED) is 0.715. The van der Waals surface area contributed by atoms with Crippen molar-refractivity contribution in [1.82, 2.24) is 5.32 Å². The van der Waals surface area contributed by atoms with Crippen molar-refractivity contribution >= 4 is 23.2 Å². The van der Waals surface area contributed by atoms with Crippen molar-refractivity contribution < 1.29 is 14.3 Å². The van der Waals surface area contributed by atoms with Crippen LogP contribution in [0.1, 0.15) is 30.1 Å². The van der Waals surface area contributed by atoms with Crippen molar-refractivity contribution in [1.29, 1.82) is 0 Å². The number of nitrogens with one attached hydrogen (secondary N) is 3. The summed E-state index contributed by atoms with van der Waals surface area (Å²) in [6.45, 7) is 1.78. The summed E-state index contributed by atoms with van der Waals surface area (Å²) >= 11 is 0. The molecule has 2 aromatic rings. The lowest BCUT2D eigenvalue weighted by Gasteiger charge is -2.16. The van der Waals surface area contributed by atoms with E-state index in [2.05, 4.69) is 16.0 Å². The lowest BCUT2D eigenvalue weighted by Crippen LogP contribution is -2.31. The minimum atomic E-state index is -0.428. The Bertz CT molecular complexity index is 768. The molecule has 6 heteroatoms. The van der Waals surface area contributed by atoms with Gasteiger partial charge in [-0.2, -0.15) is 0 Å². The summed E-state index contributed by atoms with van der Waals surface area (Å²) in [4.78, 5) is 24.3. The Balaban J connectivity index is 1.53. The Hall–Kier alpha value is -3.02. The van der Waals surface area contributed by atoms with Crippen molar-refractivity contribution in [3.8, 4) is 5.75 Å². The van der Waals surface area contributed by atoms with E-state index >= 15 is 0 Å². The molecule has 1 aliphatic rings. The molecule has 0 saturated heterocycles. The second kappa shape index (κ2) is 7.91. The highest BCUT2D eigenvalue weighted by molar-refractivity contribution is 5.97. The molecular weight excluding hydrogens is 330 g/mol. The molecular formula is C20H23N3O3. The van der Waals surface area contributed by atoms with Gasteiger partial charge in [0.05, 0.1) is 7.11 Å². The number of amides is 2. The van der Waals surface area contributed by atoms with Crippen LogP contribution in [0.4, 0.5) is 11.4 Å². The fourth-order valence-electron chi connectivity index (χ4n) is 2.45. The molecule has 1 aliphatic carbocycles. The maximum Gasteiger partial charge on any atom is 0.251 e. The third-order valence-corrected chi connectivity index (χ3v) is 4.19. The number of hydrogen-bond acceptors (Lipinski definition) is 4. The summed E-state index contributed by atoms with van der Waals surface area (Å²) in [7, 11) is 1.60. The predicted molar refractivity (Wildman–Crippen MR) is 102 cm³/mol. The highest BCUT2D eigenvalue weighted by atomic mass is 16.5. The first-order valence-corrected chi connectivity index (χ1v) is 8.67. The molecule has 0 heterocycles. The first kappa shape index (κ1) is 17.8. The SMILES string of the molecule is COc1ccc(NC(=O)C(C)Nc2ccc(C(=O)NC3CC3)cc2)cc1. The lowest BCUT2D eigenvalue weighted by atomic mass is 10.1. The van der Waals surface area contributed by atoms with Crippen LogP contribution in [0.2, 0.25) is 0 Å². The van der Waals surface area contributed by atoms with Gasteiger partial charge in [-0.15, -0.1) is 0 Å². The van der Waals surface area contributed by atoms with Gasteiger partial charge in [0.2, 0.25) is 5.91 Å². The molecule has 0 radical (unpaired) electrons. The summed E-state index contributed by atoms with van der Waals surface area (Å²) in [6, 6.07) is 14.2. The largest absolute Gasteiger partial charge is 0.497 e. The number of hydrogen-bond donors (Lipinski definition) is 3. The van der Waals surface area contributed by atoms with Crippen molar-refractivity contribution in [2.75, 3.05) is 17.7 Å². The highest BCUT2D eigenvalue weighted by Crippen LogP contribution is 2.20. The fraction of sp³-hybridized carbons (Fsp3) is 0.300. The first-order chi connectivity index (χ1) is 12.5. The highest BCUT2D eigenvalue weighted by Gasteiger charge is 2.23. The van der Waals surface area contributed by atoms with Gasteiger partial charge in [-0.1, -0.05) is 0 Å². The van der Waals surface area contributed by atoms with Crippen LogP contribution >= 0.6 is 0 Å².